The molecule has 9 rings (SSSR count). The maximum Gasteiger partial charge on any atom is 0.0473 e. The fourth-order valence-electron chi connectivity index (χ4n) is 7.30. The molecule has 2 aliphatic rings. The molecule has 1 heterocycles. The van der Waals surface area contributed by atoms with E-state index in [1.54, 1.807) is 0 Å². The van der Waals surface area contributed by atoms with Gasteiger partial charge in [0.1, 0.15) is 0 Å². The van der Waals surface area contributed by atoms with Crippen molar-refractivity contribution in [2.45, 2.75) is 16.1 Å². The summed E-state index contributed by atoms with van der Waals surface area (Å²) in [6.07, 6.45) is 9.07. The second kappa shape index (κ2) is 13.2. The number of allylic oxidation sites excluding steroid dienone is 3. The second-order valence-electron chi connectivity index (χ2n) is 12.9. The molecule has 50 heavy (non-hydrogen) atoms. The molecule has 0 aromatic heterocycles. The van der Waals surface area contributed by atoms with Crippen LogP contribution in [0, 0.1) is 0 Å². The lowest BCUT2D eigenvalue weighted by Crippen LogP contribution is -2.10. The Morgan fingerprint density at radius 2 is 0.880 bits per heavy atom. The Morgan fingerprint density at radius 3 is 1.46 bits per heavy atom. The molecule has 0 amide bonds. The van der Waals surface area contributed by atoms with E-state index in [2.05, 4.69) is 205 Å². The van der Waals surface area contributed by atoms with Crippen molar-refractivity contribution in [3.05, 3.63) is 206 Å². The summed E-state index contributed by atoms with van der Waals surface area (Å²) in [5, 5.41) is 0.473. The quantitative estimate of drug-likeness (QED) is 0.168. The SMILES string of the molecule is C1=CC2Sc3c(-c4ccc(N(c5ccc(-c6ccccc6)cc5)c5cc(-c6ccccc6)cc(-c6ccccc6)c5)cc4)cccc3C2C=C1. The number of anilines is 3. The van der Waals surface area contributed by atoms with Crippen molar-refractivity contribution in [2.75, 3.05) is 4.90 Å². The first-order valence-corrected chi connectivity index (χ1v) is 18.1. The van der Waals surface area contributed by atoms with Crippen LogP contribution in [0.1, 0.15) is 11.5 Å². The van der Waals surface area contributed by atoms with Crippen molar-refractivity contribution < 1.29 is 0 Å². The highest BCUT2D eigenvalue weighted by Crippen LogP contribution is 2.52. The zero-order valence-corrected chi connectivity index (χ0v) is 28.4. The Morgan fingerprint density at radius 1 is 0.380 bits per heavy atom. The summed E-state index contributed by atoms with van der Waals surface area (Å²) >= 11 is 2.00. The predicted molar refractivity (Wildman–Crippen MR) is 214 cm³/mol. The van der Waals surface area contributed by atoms with Crippen LogP contribution in [0.15, 0.2) is 205 Å². The van der Waals surface area contributed by atoms with Crippen molar-refractivity contribution in [2.24, 2.45) is 0 Å². The molecular formula is C48H35NS. The highest BCUT2D eigenvalue weighted by atomic mass is 32.2. The van der Waals surface area contributed by atoms with E-state index >= 15 is 0 Å². The third kappa shape index (κ3) is 5.78. The molecular weight excluding hydrogens is 623 g/mol. The first-order valence-electron chi connectivity index (χ1n) is 17.3. The smallest absolute Gasteiger partial charge is 0.0473 e. The van der Waals surface area contributed by atoms with Gasteiger partial charge in [-0.1, -0.05) is 158 Å². The van der Waals surface area contributed by atoms with Crippen molar-refractivity contribution in [1.82, 2.24) is 0 Å². The zero-order valence-electron chi connectivity index (χ0n) is 27.6. The van der Waals surface area contributed by atoms with Crippen molar-refractivity contribution >= 4 is 28.8 Å². The molecule has 2 heteroatoms. The van der Waals surface area contributed by atoms with Gasteiger partial charge in [0, 0.05) is 33.1 Å². The third-order valence-electron chi connectivity index (χ3n) is 9.80. The molecule has 0 spiro atoms. The first kappa shape index (κ1) is 30.2. The molecule has 0 fully saturated rings. The van der Waals surface area contributed by atoms with Gasteiger partial charge < -0.3 is 4.90 Å². The van der Waals surface area contributed by atoms with E-state index in [4.69, 9.17) is 0 Å². The van der Waals surface area contributed by atoms with Gasteiger partial charge in [-0.3, -0.25) is 0 Å². The van der Waals surface area contributed by atoms with E-state index in [1.165, 1.54) is 55.0 Å². The van der Waals surface area contributed by atoms with Gasteiger partial charge in [-0.2, -0.15) is 0 Å². The average molecular weight is 658 g/mol. The van der Waals surface area contributed by atoms with Crippen molar-refractivity contribution in [3.63, 3.8) is 0 Å². The van der Waals surface area contributed by atoms with Crippen LogP contribution in [-0.4, -0.2) is 5.25 Å². The predicted octanol–water partition coefficient (Wildman–Crippen LogP) is 13.5. The fraction of sp³-hybridized carbons (Fsp3) is 0.0417. The van der Waals surface area contributed by atoms with Crippen LogP contribution in [0.4, 0.5) is 17.1 Å². The van der Waals surface area contributed by atoms with Gasteiger partial charge in [0.25, 0.3) is 0 Å². The van der Waals surface area contributed by atoms with Crippen LogP contribution in [0.3, 0.4) is 0 Å². The third-order valence-corrected chi connectivity index (χ3v) is 11.2. The summed E-state index contributed by atoms with van der Waals surface area (Å²) in [6.45, 7) is 0. The Kier molecular flexibility index (Phi) is 8.00. The topological polar surface area (TPSA) is 3.24 Å². The summed E-state index contributed by atoms with van der Waals surface area (Å²) in [5.74, 6) is 0.448. The Labute approximate surface area is 298 Å². The largest absolute Gasteiger partial charge is 0.310 e. The van der Waals surface area contributed by atoms with Crippen LogP contribution >= 0.6 is 11.8 Å². The normalized spacial score (nSPS) is 15.8. The number of hydrogen-bond acceptors (Lipinski definition) is 2. The molecule has 1 nitrogen and oxygen atoms in total. The highest BCUT2D eigenvalue weighted by Gasteiger charge is 2.32. The number of fused-ring (bicyclic) bond motifs is 3. The van der Waals surface area contributed by atoms with E-state index in [-0.39, 0.29) is 0 Å². The standard InChI is InChI=1S/C48H35NS/c1-4-13-34(14-5-1)37-23-27-41(28-24-37)49(43-32-39(35-15-6-2-7-16-35)31-40(33-43)36-17-8-3-9-18-36)42-29-25-38(26-30-42)44-20-12-21-46-45-19-10-11-22-47(45)50-48(44)46/h1-33,45,47H. The molecule has 0 bridgehead atoms. The van der Waals surface area contributed by atoms with Crippen molar-refractivity contribution in [3.8, 4) is 44.5 Å². The van der Waals surface area contributed by atoms with Gasteiger partial charge in [-0.25, -0.2) is 0 Å². The summed E-state index contributed by atoms with van der Waals surface area (Å²) < 4.78 is 0. The summed E-state index contributed by atoms with van der Waals surface area (Å²) in [5.41, 5.74) is 14.5. The summed E-state index contributed by atoms with van der Waals surface area (Å²) in [7, 11) is 0. The fourth-order valence-corrected chi connectivity index (χ4v) is 8.78. The maximum absolute atomic E-state index is 2.39. The Bertz CT molecular complexity index is 2270. The van der Waals surface area contributed by atoms with Gasteiger partial charge in [-0.05, 0) is 92.5 Å². The molecule has 7 aromatic carbocycles. The molecule has 2 atom stereocenters. The molecule has 238 valence electrons. The molecule has 0 N–H and O–H groups in total. The molecule has 7 aromatic rings. The first-order chi connectivity index (χ1) is 24.8. The van der Waals surface area contributed by atoms with Crippen molar-refractivity contribution in [1.29, 1.82) is 0 Å². The van der Waals surface area contributed by atoms with E-state index in [9.17, 15) is 0 Å². The number of thioether (sulfide) groups is 1. The minimum absolute atomic E-state index is 0.448. The van der Waals surface area contributed by atoms with Crippen LogP contribution < -0.4 is 4.90 Å². The van der Waals surface area contributed by atoms with Gasteiger partial charge >= 0.3 is 0 Å². The Balaban J connectivity index is 1.17. The molecule has 2 unspecified atom stereocenters. The van der Waals surface area contributed by atoms with E-state index in [1.807, 2.05) is 11.8 Å². The number of benzene rings is 7. The number of rotatable bonds is 7. The minimum atomic E-state index is 0.448. The lowest BCUT2D eigenvalue weighted by molar-refractivity contribution is 0.881. The highest BCUT2D eigenvalue weighted by molar-refractivity contribution is 8.00. The minimum Gasteiger partial charge on any atom is -0.310 e. The number of hydrogen-bond donors (Lipinski definition) is 0. The maximum atomic E-state index is 2.39. The lowest BCUT2D eigenvalue weighted by Gasteiger charge is -2.27. The van der Waals surface area contributed by atoms with E-state index in [0.29, 0.717) is 11.2 Å². The van der Waals surface area contributed by atoms with Gasteiger partial charge in [0.2, 0.25) is 0 Å². The average Bonchev–Trinajstić information content (AvgIpc) is 3.59. The van der Waals surface area contributed by atoms with Gasteiger partial charge in [-0.15, -0.1) is 11.8 Å². The van der Waals surface area contributed by atoms with Crippen LogP contribution in [0.5, 0.6) is 0 Å². The van der Waals surface area contributed by atoms with Crippen LogP contribution in [0.25, 0.3) is 44.5 Å². The van der Waals surface area contributed by atoms with E-state index in [0.717, 1.165) is 17.1 Å². The summed E-state index contributed by atoms with van der Waals surface area (Å²) in [6, 6.07) is 63.9. The molecule has 1 aliphatic heterocycles. The van der Waals surface area contributed by atoms with Gasteiger partial charge in [0.05, 0.1) is 0 Å². The summed E-state index contributed by atoms with van der Waals surface area (Å²) in [4.78, 5) is 3.80. The van der Waals surface area contributed by atoms with Crippen LogP contribution in [-0.2, 0) is 0 Å². The molecule has 1 aliphatic carbocycles. The molecule has 0 saturated carbocycles. The Hall–Kier alpha value is -5.83. The molecule has 0 radical (unpaired) electrons. The van der Waals surface area contributed by atoms with Gasteiger partial charge in [0.15, 0.2) is 0 Å². The second-order valence-corrected chi connectivity index (χ2v) is 14.1. The number of nitrogens with zero attached hydrogens (tertiary/aromatic N) is 1. The molecule has 0 saturated heterocycles. The van der Waals surface area contributed by atoms with E-state index < -0.39 is 0 Å². The van der Waals surface area contributed by atoms with Crippen LogP contribution in [0.2, 0.25) is 0 Å². The lowest BCUT2D eigenvalue weighted by atomic mass is 9.90. The zero-order chi connectivity index (χ0) is 33.3. The monoisotopic (exact) mass is 657 g/mol.